The molecule has 0 spiro atoms. The molecule has 0 atom stereocenters. The van der Waals surface area contributed by atoms with Crippen molar-refractivity contribution in [3.63, 3.8) is 0 Å². The number of ether oxygens (including phenoxy) is 1. The molecule has 1 saturated heterocycles. The zero-order valence-corrected chi connectivity index (χ0v) is 5.58. The highest BCUT2D eigenvalue weighted by Crippen LogP contribution is 2.28. The third-order valence-electron chi connectivity index (χ3n) is 1.66. The van der Waals surface area contributed by atoms with Crippen LogP contribution in [0.25, 0.3) is 0 Å². The number of hydrogen-bond acceptors (Lipinski definition) is 3. The van der Waals surface area contributed by atoms with Crippen LogP contribution in [-0.4, -0.2) is 24.7 Å². The molecule has 56 valence electrons. The lowest BCUT2D eigenvalue weighted by Gasteiger charge is -2.34. The molecule has 0 saturated carbocycles. The molecule has 0 unspecified atom stereocenters. The third kappa shape index (κ3) is 1.16. The lowest BCUT2D eigenvalue weighted by atomic mass is 9.86. The summed E-state index contributed by atoms with van der Waals surface area (Å²) in [7, 11) is 0. The fraction of sp³-hybridized carbons (Fsp3) is 0.667. The van der Waals surface area contributed by atoms with Gasteiger partial charge >= 0.3 is 0 Å². The molecule has 10 heavy (non-hydrogen) atoms. The van der Waals surface area contributed by atoms with Gasteiger partial charge in [-0.25, -0.2) is 0 Å². The van der Waals surface area contributed by atoms with Gasteiger partial charge in [0.15, 0.2) is 0 Å². The fourth-order valence-corrected chi connectivity index (χ4v) is 0.895. The van der Waals surface area contributed by atoms with E-state index in [-0.39, 0.29) is 16.9 Å². The molecule has 0 N–H and O–H groups in total. The summed E-state index contributed by atoms with van der Waals surface area (Å²) in [6, 6.07) is 0. The summed E-state index contributed by atoms with van der Waals surface area (Å²) in [5.41, 5.74) is -0.372. The van der Waals surface area contributed by atoms with E-state index in [9.17, 15) is 10.1 Å². The van der Waals surface area contributed by atoms with Crippen LogP contribution < -0.4 is 0 Å². The number of hydrogen-bond donors (Lipinski definition) is 0. The van der Waals surface area contributed by atoms with Gasteiger partial charge in [0.25, 0.3) is 0 Å². The zero-order valence-electron chi connectivity index (χ0n) is 5.58. The molecule has 1 rings (SSSR count). The van der Waals surface area contributed by atoms with Crippen LogP contribution in [0.5, 0.6) is 0 Å². The molecule has 0 aromatic carbocycles. The van der Waals surface area contributed by atoms with E-state index in [0.717, 1.165) is 0 Å². The van der Waals surface area contributed by atoms with Crippen molar-refractivity contribution >= 4 is 0 Å². The molecule has 1 heterocycles. The summed E-state index contributed by atoms with van der Waals surface area (Å²) >= 11 is 0. The second kappa shape index (κ2) is 2.38. The first kappa shape index (κ1) is 7.21. The molecule has 4 nitrogen and oxygen atoms in total. The Kier molecular flexibility index (Phi) is 1.72. The summed E-state index contributed by atoms with van der Waals surface area (Å²) in [6.07, 6.45) is 1.61. The average Bonchev–Trinajstić information content (AvgIpc) is 1.78. The van der Waals surface area contributed by atoms with Crippen LogP contribution in [-0.2, 0) is 4.74 Å². The van der Waals surface area contributed by atoms with Gasteiger partial charge in [-0.2, -0.15) is 0 Å². The Morgan fingerprint density at radius 3 is 2.50 bits per heavy atom. The van der Waals surface area contributed by atoms with E-state index in [4.69, 9.17) is 4.74 Å². The Morgan fingerprint density at radius 1 is 1.80 bits per heavy atom. The van der Waals surface area contributed by atoms with Gasteiger partial charge in [0.2, 0.25) is 6.54 Å². The second-order valence-corrected chi connectivity index (χ2v) is 2.55. The van der Waals surface area contributed by atoms with E-state index in [0.29, 0.717) is 13.2 Å². The standard InChI is InChI=1S/C6H9NO3/c1-2-6(3-7(8)9)4-10-5-6/h2H,1,3-5H2. The van der Waals surface area contributed by atoms with Crippen molar-refractivity contribution in [2.24, 2.45) is 5.41 Å². The topological polar surface area (TPSA) is 52.4 Å². The van der Waals surface area contributed by atoms with Gasteiger partial charge in [-0.05, 0) is 0 Å². The van der Waals surface area contributed by atoms with Gasteiger partial charge in [-0.15, -0.1) is 6.58 Å². The number of nitro groups is 1. The minimum absolute atomic E-state index is 0.0590. The van der Waals surface area contributed by atoms with Gasteiger partial charge in [0, 0.05) is 4.92 Å². The van der Waals surface area contributed by atoms with Crippen LogP contribution in [0.4, 0.5) is 0 Å². The predicted octanol–water partition coefficient (Wildman–Crippen LogP) is 0.466. The van der Waals surface area contributed by atoms with Crippen LogP contribution in [0.15, 0.2) is 12.7 Å². The lowest BCUT2D eigenvalue weighted by molar-refractivity contribution is -0.503. The van der Waals surface area contributed by atoms with E-state index in [1.54, 1.807) is 6.08 Å². The van der Waals surface area contributed by atoms with E-state index in [1.165, 1.54) is 0 Å². The van der Waals surface area contributed by atoms with E-state index in [2.05, 4.69) is 6.58 Å². The van der Waals surface area contributed by atoms with Crippen molar-refractivity contribution < 1.29 is 9.66 Å². The predicted molar refractivity (Wildman–Crippen MR) is 35.3 cm³/mol. The summed E-state index contributed by atoms with van der Waals surface area (Å²) in [4.78, 5) is 9.74. The van der Waals surface area contributed by atoms with Crippen molar-refractivity contribution in [2.45, 2.75) is 0 Å². The van der Waals surface area contributed by atoms with Gasteiger partial charge in [-0.3, -0.25) is 10.1 Å². The van der Waals surface area contributed by atoms with Crippen LogP contribution in [0.2, 0.25) is 0 Å². The van der Waals surface area contributed by atoms with Crippen LogP contribution in [0, 0.1) is 15.5 Å². The quantitative estimate of drug-likeness (QED) is 0.327. The summed E-state index contributed by atoms with van der Waals surface area (Å²) in [6.45, 7) is 4.35. The van der Waals surface area contributed by atoms with Crippen LogP contribution in [0.1, 0.15) is 0 Å². The highest BCUT2D eigenvalue weighted by Gasteiger charge is 2.40. The SMILES string of the molecule is C=CC1(C[N+](=O)[O-])COC1. The zero-order chi connectivity index (χ0) is 7.61. The lowest BCUT2D eigenvalue weighted by Crippen LogP contribution is -2.45. The van der Waals surface area contributed by atoms with Crippen LogP contribution >= 0.6 is 0 Å². The molecule has 1 fully saturated rings. The van der Waals surface area contributed by atoms with Crippen molar-refractivity contribution in [1.29, 1.82) is 0 Å². The first-order chi connectivity index (χ1) is 4.68. The van der Waals surface area contributed by atoms with Gasteiger partial charge in [0.05, 0.1) is 18.6 Å². The normalized spacial score (nSPS) is 21.2. The Bertz CT molecular complexity index is 162. The molecule has 0 aromatic heterocycles. The highest BCUT2D eigenvalue weighted by atomic mass is 16.6. The number of rotatable bonds is 3. The smallest absolute Gasteiger partial charge is 0.217 e. The second-order valence-electron chi connectivity index (χ2n) is 2.55. The van der Waals surface area contributed by atoms with Crippen molar-refractivity contribution in [2.75, 3.05) is 19.8 Å². The van der Waals surface area contributed by atoms with Crippen molar-refractivity contribution in [3.8, 4) is 0 Å². The molecule has 0 aliphatic carbocycles. The molecule has 4 heteroatoms. The molecule has 0 aromatic rings. The van der Waals surface area contributed by atoms with Crippen molar-refractivity contribution in [1.82, 2.24) is 0 Å². The molecular formula is C6H9NO3. The molecule has 0 radical (unpaired) electrons. The summed E-state index contributed by atoms with van der Waals surface area (Å²) < 4.78 is 4.85. The monoisotopic (exact) mass is 143 g/mol. The Balaban J connectivity index is 2.48. The maximum Gasteiger partial charge on any atom is 0.217 e. The van der Waals surface area contributed by atoms with E-state index >= 15 is 0 Å². The first-order valence-electron chi connectivity index (χ1n) is 3.02. The summed E-state index contributed by atoms with van der Waals surface area (Å²) in [5, 5.41) is 10.1. The van der Waals surface area contributed by atoms with E-state index in [1.807, 2.05) is 0 Å². The maximum atomic E-state index is 10.1. The largest absolute Gasteiger partial charge is 0.379 e. The fourth-order valence-electron chi connectivity index (χ4n) is 0.895. The van der Waals surface area contributed by atoms with Crippen molar-refractivity contribution in [3.05, 3.63) is 22.8 Å². The van der Waals surface area contributed by atoms with Gasteiger partial charge in [-0.1, -0.05) is 6.08 Å². The molecule has 0 bridgehead atoms. The third-order valence-corrected chi connectivity index (χ3v) is 1.66. The summed E-state index contributed by atoms with van der Waals surface area (Å²) in [5.74, 6) is 0. The van der Waals surface area contributed by atoms with Crippen LogP contribution in [0.3, 0.4) is 0 Å². The maximum absolute atomic E-state index is 10.1. The Hall–Kier alpha value is -0.900. The molecule has 1 aliphatic rings. The molecule has 1 aliphatic heterocycles. The van der Waals surface area contributed by atoms with Gasteiger partial charge in [0.1, 0.15) is 0 Å². The average molecular weight is 143 g/mol. The Labute approximate surface area is 58.6 Å². The van der Waals surface area contributed by atoms with Gasteiger partial charge < -0.3 is 4.74 Å². The minimum Gasteiger partial charge on any atom is -0.379 e. The number of nitrogens with zero attached hydrogens (tertiary/aromatic N) is 1. The molecular weight excluding hydrogens is 134 g/mol. The Morgan fingerprint density at radius 2 is 2.40 bits per heavy atom. The highest BCUT2D eigenvalue weighted by molar-refractivity contribution is 4.99. The first-order valence-corrected chi connectivity index (χ1v) is 3.02. The van der Waals surface area contributed by atoms with E-state index < -0.39 is 0 Å². The molecule has 0 amide bonds. The minimum atomic E-state index is -0.372.